The van der Waals surface area contributed by atoms with Gasteiger partial charge in [-0.05, 0) is 57.2 Å². The second kappa shape index (κ2) is 5.05. The van der Waals surface area contributed by atoms with Crippen LogP contribution < -0.4 is 0 Å². The van der Waals surface area contributed by atoms with Gasteiger partial charge < -0.3 is 9.67 Å². The first kappa shape index (κ1) is 14.4. The minimum Gasteiger partial charge on any atom is -0.481 e. The van der Waals surface area contributed by atoms with Gasteiger partial charge in [-0.15, -0.1) is 0 Å². The number of carboxylic acid groups (broad SMARTS) is 1. The zero-order chi connectivity index (χ0) is 15.2. The monoisotopic (exact) mass is 304 g/mol. The molecular formula is C16H20N2O2S. The van der Waals surface area contributed by atoms with E-state index in [0.29, 0.717) is 5.92 Å². The molecule has 1 aliphatic carbocycles. The molecule has 1 saturated carbocycles. The average molecular weight is 304 g/mol. The molecule has 1 aromatic heterocycles. The highest BCUT2D eigenvalue weighted by atomic mass is 32.2. The van der Waals surface area contributed by atoms with Crippen molar-refractivity contribution in [1.82, 2.24) is 9.55 Å². The summed E-state index contributed by atoms with van der Waals surface area (Å²) in [5.74, 6) is -0.109. The molecule has 0 unspecified atom stereocenters. The van der Waals surface area contributed by atoms with Gasteiger partial charge in [-0.3, -0.25) is 4.79 Å². The lowest BCUT2D eigenvalue weighted by molar-refractivity contribution is -0.133. The molecule has 0 atom stereocenters. The highest BCUT2D eigenvalue weighted by Crippen LogP contribution is 2.46. The number of carboxylic acids is 1. The molecule has 0 amide bonds. The van der Waals surface area contributed by atoms with Crippen LogP contribution in [-0.4, -0.2) is 26.4 Å². The minimum absolute atomic E-state index is 0.0244. The summed E-state index contributed by atoms with van der Waals surface area (Å²) in [4.78, 5) is 15.6. The van der Waals surface area contributed by atoms with Gasteiger partial charge in [0.2, 0.25) is 0 Å². The Morgan fingerprint density at radius 2 is 2.19 bits per heavy atom. The second-order valence-electron chi connectivity index (χ2n) is 6.33. The summed E-state index contributed by atoms with van der Waals surface area (Å²) in [5.41, 5.74) is 3.23. The van der Waals surface area contributed by atoms with Crippen molar-refractivity contribution in [3.63, 3.8) is 0 Å². The number of aromatic nitrogens is 2. The van der Waals surface area contributed by atoms with Crippen LogP contribution in [0.1, 0.15) is 32.3 Å². The first-order valence-corrected chi connectivity index (χ1v) is 8.22. The fourth-order valence-electron chi connectivity index (χ4n) is 2.92. The summed E-state index contributed by atoms with van der Waals surface area (Å²) < 4.78 is 2.25. The molecule has 0 spiro atoms. The van der Waals surface area contributed by atoms with Crippen molar-refractivity contribution in [2.24, 2.45) is 5.92 Å². The number of carbonyl (C=O) groups is 1. The van der Waals surface area contributed by atoms with E-state index in [0.717, 1.165) is 16.2 Å². The van der Waals surface area contributed by atoms with Crippen LogP contribution in [0.4, 0.5) is 0 Å². The second-order valence-corrected chi connectivity index (χ2v) is 7.27. The number of aryl methyl sites for hydroxylation is 1. The van der Waals surface area contributed by atoms with E-state index in [-0.39, 0.29) is 11.3 Å². The van der Waals surface area contributed by atoms with Crippen molar-refractivity contribution in [2.45, 2.75) is 44.3 Å². The lowest BCUT2D eigenvalue weighted by Gasteiger charge is -2.29. The van der Waals surface area contributed by atoms with Gasteiger partial charge in [-0.25, -0.2) is 4.98 Å². The zero-order valence-electron chi connectivity index (χ0n) is 12.6. The molecule has 21 heavy (non-hydrogen) atoms. The molecule has 1 aliphatic rings. The van der Waals surface area contributed by atoms with Crippen LogP contribution in [0.15, 0.2) is 23.4 Å². The maximum Gasteiger partial charge on any atom is 0.313 e. The molecule has 3 rings (SSSR count). The summed E-state index contributed by atoms with van der Waals surface area (Å²) in [6, 6.07) is 6.22. The Labute approximate surface area is 128 Å². The third-order valence-corrected chi connectivity index (χ3v) is 5.18. The van der Waals surface area contributed by atoms with Crippen molar-refractivity contribution in [1.29, 1.82) is 0 Å². The number of thioether (sulfide) groups is 1. The maximum absolute atomic E-state index is 10.9. The number of imidazole rings is 1. The molecule has 1 heterocycles. The molecule has 112 valence electrons. The highest BCUT2D eigenvalue weighted by molar-refractivity contribution is 7.99. The Hall–Kier alpha value is -1.49. The van der Waals surface area contributed by atoms with Gasteiger partial charge >= 0.3 is 5.97 Å². The molecule has 0 bridgehead atoms. The SMILES string of the molecule is Cc1ccc2nc(SCC(=O)O)n(C(C)(C)C3CC3)c2c1. The molecule has 0 aliphatic heterocycles. The summed E-state index contributed by atoms with van der Waals surface area (Å²) in [6.07, 6.45) is 2.48. The van der Waals surface area contributed by atoms with Crippen molar-refractivity contribution in [3.8, 4) is 0 Å². The van der Waals surface area contributed by atoms with Gasteiger partial charge in [0, 0.05) is 5.54 Å². The third-order valence-electron chi connectivity index (χ3n) is 4.26. The summed E-state index contributed by atoms with van der Waals surface area (Å²) in [7, 11) is 0. The van der Waals surface area contributed by atoms with E-state index in [1.807, 2.05) is 6.07 Å². The molecule has 2 aromatic rings. The number of hydrogen-bond acceptors (Lipinski definition) is 3. The molecule has 0 saturated heterocycles. The van der Waals surface area contributed by atoms with Gasteiger partial charge in [0.1, 0.15) is 0 Å². The van der Waals surface area contributed by atoms with Crippen molar-refractivity contribution >= 4 is 28.8 Å². The molecule has 5 heteroatoms. The van der Waals surface area contributed by atoms with Crippen LogP contribution in [0.25, 0.3) is 11.0 Å². The van der Waals surface area contributed by atoms with Crippen molar-refractivity contribution < 1.29 is 9.90 Å². The summed E-state index contributed by atoms with van der Waals surface area (Å²) in [5, 5.41) is 9.77. The number of aliphatic carboxylic acids is 1. The Kier molecular flexibility index (Phi) is 3.48. The number of rotatable bonds is 5. The standard InChI is InChI=1S/C16H20N2O2S/c1-10-4-7-12-13(8-10)18(16(2,3)11-5-6-11)15(17-12)21-9-14(19)20/h4,7-8,11H,5-6,9H2,1-3H3,(H,19,20). The molecule has 1 aromatic carbocycles. The predicted molar refractivity (Wildman–Crippen MR) is 84.9 cm³/mol. The van der Waals surface area contributed by atoms with Gasteiger partial charge in [0.25, 0.3) is 0 Å². The molecule has 4 nitrogen and oxygen atoms in total. The Balaban J connectivity index is 2.13. The molecular weight excluding hydrogens is 284 g/mol. The van der Waals surface area contributed by atoms with E-state index in [2.05, 4.69) is 42.5 Å². The zero-order valence-corrected chi connectivity index (χ0v) is 13.4. The lowest BCUT2D eigenvalue weighted by atomic mass is 9.98. The number of fused-ring (bicyclic) bond motifs is 1. The van der Waals surface area contributed by atoms with Gasteiger partial charge in [0.15, 0.2) is 5.16 Å². The van der Waals surface area contributed by atoms with Crippen LogP contribution >= 0.6 is 11.8 Å². The molecule has 1 N–H and O–H groups in total. The summed E-state index contributed by atoms with van der Waals surface area (Å²) >= 11 is 1.31. The van der Waals surface area contributed by atoms with Gasteiger partial charge in [-0.2, -0.15) is 0 Å². The molecule has 0 radical (unpaired) electrons. The van der Waals surface area contributed by atoms with Crippen molar-refractivity contribution in [2.75, 3.05) is 5.75 Å². The fourth-order valence-corrected chi connectivity index (χ4v) is 3.79. The molecule has 1 fully saturated rings. The minimum atomic E-state index is -0.806. The van der Waals surface area contributed by atoms with E-state index in [9.17, 15) is 4.79 Å². The van der Waals surface area contributed by atoms with E-state index in [1.54, 1.807) is 0 Å². The van der Waals surface area contributed by atoms with E-state index in [1.165, 1.54) is 30.2 Å². The van der Waals surface area contributed by atoms with Crippen LogP contribution in [-0.2, 0) is 10.3 Å². The van der Waals surface area contributed by atoms with Crippen LogP contribution in [0.5, 0.6) is 0 Å². The first-order valence-electron chi connectivity index (χ1n) is 7.24. The number of benzene rings is 1. The van der Waals surface area contributed by atoms with Gasteiger partial charge in [-0.1, -0.05) is 17.8 Å². The average Bonchev–Trinajstić information content (AvgIpc) is 3.18. The first-order chi connectivity index (χ1) is 9.89. The Bertz CT molecular complexity index is 702. The third kappa shape index (κ3) is 2.67. The Morgan fingerprint density at radius 1 is 1.48 bits per heavy atom. The number of nitrogens with zero attached hydrogens (tertiary/aromatic N) is 2. The fraction of sp³-hybridized carbons (Fsp3) is 0.500. The van der Waals surface area contributed by atoms with Crippen LogP contribution in [0.2, 0.25) is 0 Å². The normalized spacial score (nSPS) is 15.6. The summed E-state index contributed by atoms with van der Waals surface area (Å²) in [6.45, 7) is 6.54. The van der Waals surface area contributed by atoms with Crippen LogP contribution in [0, 0.1) is 12.8 Å². The predicted octanol–water partition coefficient (Wildman–Crippen LogP) is 3.67. The van der Waals surface area contributed by atoms with E-state index < -0.39 is 5.97 Å². The largest absolute Gasteiger partial charge is 0.481 e. The topological polar surface area (TPSA) is 55.1 Å². The Morgan fingerprint density at radius 3 is 2.81 bits per heavy atom. The van der Waals surface area contributed by atoms with Gasteiger partial charge in [0.05, 0.1) is 16.8 Å². The highest BCUT2D eigenvalue weighted by Gasteiger charge is 2.41. The number of hydrogen-bond donors (Lipinski definition) is 1. The lowest BCUT2D eigenvalue weighted by Crippen LogP contribution is -2.29. The van der Waals surface area contributed by atoms with Crippen LogP contribution in [0.3, 0.4) is 0 Å². The van der Waals surface area contributed by atoms with E-state index in [4.69, 9.17) is 5.11 Å². The smallest absolute Gasteiger partial charge is 0.313 e. The van der Waals surface area contributed by atoms with Crippen molar-refractivity contribution in [3.05, 3.63) is 23.8 Å². The van der Waals surface area contributed by atoms with E-state index >= 15 is 0 Å². The maximum atomic E-state index is 10.9. The quantitative estimate of drug-likeness (QED) is 0.856.